The van der Waals surface area contributed by atoms with Crippen LogP contribution in [0.5, 0.6) is 0 Å². The van der Waals surface area contributed by atoms with Crippen LogP contribution in [0, 0.1) is 0 Å². The molecule has 0 atom stereocenters. The van der Waals surface area contributed by atoms with Gasteiger partial charge in [0.2, 0.25) is 0 Å². The van der Waals surface area contributed by atoms with Crippen LogP contribution in [-0.4, -0.2) is 4.98 Å². The summed E-state index contributed by atoms with van der Waals surface area (Å²) >= 11 is 0. The van der Waals surface area contributed by atoms with Crippen LogP contribution in [0.1, 0.15) is 35.4 Å². The van der Waals surface area contributed by atoms with Crippen LogP contribution < -0.4 is 5.32 Å². The van der Waals surface area contributed by atoms with Crippen LogP contribution in [0.25, 0.3) is 11.0 Å². The van der Waals surface area contributed by atoms with Crippen molar-refractivity contribution in [2.45, 2.75) is 38.8 Å². The Balaban J connectivity index is 1.42. The highest BCUT2D eigenvalue weighted by Crippen LogP contribution is 2.21. The predicted octanol–water partition coefficient (Wildman–Crippen LogP) is 4.00. The zero-order valence-electron chi connectivity index (χ0n) is 12.6. The number of benzene rings is 1. The number of aryl methyl sites for hydroxylation is 2. The third-order valence-electron chi connectivity index (χ3n) is 4.42. The number of para-hydroxylation sites is 1. The summed E-state index contributed by atoms with van der Waals surface area (Å²) in [5.41, 5.74) is 6.03. The third kappa shape index (κ3) is 2.64. The minimum absolute atomic E-state index is 0.798. The maximum absolute atomic E-state index is 5.57. The van der Waals surface area contributed by atoms with Crippen molar-refractivity contribution in [3.05, 3.63) is 65.2 Å². The zero-order valence-corrected chi connectivity index (χ0v) is 12.6. The van der Waals surface area contributed by atoms with Crippen LogP contribution in [0.2, 0.25) is 0 Å². The normalized spacial score (nSPS) is 14.2. The Morgan fingerprint density at radius 3 is 2.91 bits per heavy atom. The maximum atomic E-state index is 5.57. The lowest BCUT2D eigenvalue weighted by molar-refractivity contribution is 0.599. The first kappa shape index (κ1) is 13.5. The largest absolute Gasteiger partial charge is 0.464 e. The van der Waals surface area contributed by atoms with Crippen molar-refractivity contribution in [3.63, 3.8) is 0 Å². The van der Waals surface area contributed by atoms with Crippen molar-refractivity contribution in [2.24, 2.45) is 0 Å². The van der Waals surface area contributed by atoms with Crippen molar-refractivity contribution in [1.29, 1.82) is 0 Å². The van der Waals surface area contributed by atoms with Gasteiger partial charge in [-0.05, 0) is 43.4 Å². The van der Waals surface area contributed by atoms with E-state index in [0.717, 1.165) is 30.8 Å². The Bertz CT molecular complexity index is 791. The molecular formula is C19H20N2O. The van der Waals surface area contributed by atoms with Crippen molar-refractivity contribution in [1.82, 2.24) is 10.3 Å². The second-order valence-electron chi connectivity index (χ2n) is 5.98. The molecule has 1 aromatic carbocycles. The van der Waals surface area contributed by atoms with E-state index < -0.39 is 0 Å². The summed E-state index contributed by atoms with van der Waals surface area (Å²) in [6, 6.07) is 12.6. The summed E-state index contributed by atoms with van der Waals surface area (Å²) < 4.78 is 5.57. The van der Waals surface area contributed by atoms with Gasteiger partial charge in [-0.2, -0.15) is 0 Å². The lowest BCUT2D eigenvalue weighted by Crippen LogP contribution is -2.15. The predicted molar refractivity (Wildman–Crippen MR) is 87.6 cm³/mol. The fourth-order valence-corrected chi connectivity index (χ4v) is 3.22. The monoisotopic (exact) mass is 292 g/mol. The van der Waals surface area contributed by atoms with Crippen molar-refractivity contribution in [2.75, 3.05) is 0 Å². The van der Waals surface area contributed by atoms with Crippen LogP contribution >= 0.6 is 0 Å². The molecule has 0 fully saturated rings. The van der Waals surface area contributed by atoms with Crippen LogP contribution in [0.4, 0.5) is 0 Å². The molecule has 2 aromatic heterocycles. The van der Waals surface area contributed by atoms with E-state index in [1.54, 1.807) is 0 Å². The molecule has 4 rings (SSSR count). The van der Waals surface area contributed by atoms with Gasteiger partial charge in [0.1, 0.15) is 5.58 Å². The van der Waals surface area contributed by atoms with E-state index in [4.69, 9.17) is 9.40 Å². The molecule has 1 aliphatic carbocycles. The average molecular weight is 292 g/mol. The lowest BCUT2D eigenvalue weighted by atomic mass is 9.96. The molecule has 0 unspecified atom stereocenters. The van der Waals surface area contributed by atoms with E-state index in [0.29, 0.717) is 0 Å². The number of furan rings is 1. The van der Waals surface area contributed by atoms with E-state index >= 15 is 0 Å². The number of rotatable bonds is 4. The maximum Gasteiger partial charge on any atom is 0.134 e. The summed E-state index contributed by atoms with van der Waals surface area (Å²) in [5, 5.41) is 4.67. The average Bonchev–Trinajstić information content (AvgIpc) is 2.98. The molecule has 0 bridgehead atoms. The van der Waals surface area contributed by atoms with Gasteiger partial charge < -0.3 is 9.73 Å². The number of nitrogens with zero attached hydrogens (tertiary/aromatic N) is 1. The minimum Gasteiger partial charge on any atom is -0.464 e. The van der Waals surface area contributed by atoms with E-state index in [9.17, 15) is 0 Å². The highest BCUT2D eigenvalue weighted by Gasteiger charge is 2.11. The molecule has 1 aliphatic rings. The molecule has 0 amide bonds. The SMILES string of the molecule is c1ccc2c(CNCc3ccc4c(n3)CCCC4)coc2c1. The molecule has 22 heavy (non-hydrogen) atoms. The first-order chi connectivity index (χ1) is 10.9. The molecule has 0 saturated heterocycles. The standard InChI is InChI=1S/C19H20N2O/c1-3-7-18-14(5-1)9-10-16(21-18)12-20-11-15-13-22-19-8-4-2-6-17(15)19/h2,4,6,8-10,13,20H,1,3,5,7,11-12H2. The summed E-state index contributed by atoms with van der Waals surface area (Å²) in [4.78, 5) is 4.81. The molecule has 2 heterocycles. The quantitative estimate of drug-likeness (QED) is 0.790. The number of pyridine rings is 1. The Morgan fingerprint density at radius 1 is 1.00 bits per heavy atom. The molecule has 0 spiro atoms. The molecular weight excluding hydrogens is 272 g/mol. The van der Waals surface area contributed by atoms with Crippen LogP contribution in [0.15, 0.2) is 47.1 Å². The molecule has 0 radical (unpaired) electrons. The van der Waals surface area contributed by atoms with Crippen LogP contribution in [0.3, 0.4) is 0 Å². The topological polar surface area (TPSA) is 38.1 Å². The smallest absolute Gasteiger partial charge is 0.134 e. The highest BCUT2D eigenvalue weighted by molar-refractivity contribution is 5.80. The number of hydrogen-bond donors (Lipinski definition) is 1. The van der Waals surface area contributed by atoms with Gasteiger partial charge >= 0.3 is 0 Å². The second kappa shape index (κ2) is 5.93. The van der Waals surface area contributed by atoms with Crippen molar-refractivity contribution in [3.8, 4) is 0 Å². The molecule has 1 N–H and O–H groups in total. The first-order valence-corrected chi connectivity index (χ1v) is 8.04. The fraction of sp³-hybridized carbons (Fsp3) is 0.316. The third-order valence-corrected chi connectivity index (χ3v) is 4.42. The molecule has 112 valence electrons. The Labute approximate surface area is 130 Å². The minimum atomic E-state index is 0.798. The van der Waals surface area contributed by atoms with Crippen molar-refractivity contribution < 1.29 is 4.42 Å². The highest BCUT2D eigenvalue weighted by atomic mass is 16.3. The van der Waals surface area contributed by atoms with E-state index in [-0.39, 0.29) is 0 Å². The van der Waals surface area contributed by atoms with Gasteiger partial charge in [-0.15, -0.1) is 0 Å². The number of fused-ring (bicyclic) bond motifs is 2. The molecule has 0 aliphatic heterocycles. The Hall–Kier alpha value is -2.13. The fourth-order valence-electron chi connectivity index (χ4n) is 3.22. The van der Waals surface area contributed by atoms with Gasteiger partial charge in [-0.1, -0.05) is 24.3 Å². The van der Waals surface area contributed by atoms with E-state index in [2.05, 4.69) is 23.5 Å². The molecule has 3 heteroatoms. The Kier molecular flexibility index (Phi) is 3.65. The molecule has 0 saturated carbocycles. The van der Waals surface area contributed by atoms with Gasteiger partial charge in [0, 0.05) is 29.7 Å². The zero-order chi connectivity index (χ0) is 14.8. The molecule has 3 nitrogen and oxygen atoms in total. The van der Waals surface area contributed by atoms with Gasteiger partial charge in [-0.3, -0.25) is 4.98 Å². The van der Waals surface area contributed by atoms with Gasteiger partial charge in [0.25, 0.3) is 0 Å². The lowest BCUT2D eigenvalue weighted by Gasteiger charge is -2.15. The summed E-state index contributed by atoms with van der Waals surface area (Å²) in [7, 11) is 0. The molecule has 3 aromatic rings. The summed E-state index contributed by atoms with van der Waals surface area (Å²) in [6.07, 6.45) is 6.75. The van der Waals surface area contributed by atoms with Gasteiger partial charge in [0.15, 0.2) is 0 Å². The first-order valence-electron chi connectivity index (χ1n) is 8.04. The van der Waals surface area contributed by atoms with Gasteiger partial charge in [-0.25, -0.2) is 0 Å². The van der Waals surface area contributed by atoms with E-state index in [1.807, 2.05) is 24.5 Å². The van der Waals surface area contributed by atoms with Crippen molar-refractivity contribution >= 4 is 11.0 Å². The van der Waals surface area contributed by atoms with E-state index in [1.165, 1.54) is 41.5 Å². The van der Waals surface area contributed by atoms with Crippen LogP contribution in [-0.2, 0) is 25.9 Å². The second-order valence-corrected chi connectivity index (χ2v) is 5.98. The summed E-state index contributed by atoms with van der Waals surface area (Å²) in [6.45, 7) is 1.60. The summed E-state index contributed by atoms with van der Waals surface area (Å²) in [5.74, 6) is 0. The Morgan fingerprint density at radius 2 is 1.91 bits per heavy atom. The number of aromatic nitrogens is 1. The number of hydrogen-bond acceptors (Lipinski definition) is 3. The number of nitrogens with one attached hydrogen (secondary N) is 1. The van der Waals surface area contributed by atoms with Gasteiger partial charge in [0.05, 0.1) is 12.0 Å².